The Labute approximate surface area is 220 Å². The van der Waals surface area contributed by atoms with Crippen molar-refractivity contribution in [3.63, 3.8) is 0 Å². The maximum atomic E-state index is 13.6. The molecular formula is C27H36F4N6O. The first-order chi connectivity index (χ1) is 18.3. The van der Waals surface area contributed by atoms with Crippen LogP contribution >= 0.6 is 0 Å². The fraction of sp³-hybridized carbons (Fsp3) is 0.481. The van der Waals surface area contributed by atoms with Crippen LogP contribution in [0.15, 0.2) is 36.4 Å². The number of carbonyl (C=O) groups is 1. The lowest BCUT2D eigenvalue weighted by Gasteiger charge is -2.04. The van der Waals surface area contributed by atoms with E-state index in [-0.39, 0.29) is 23.6 Å². The summed E-state index contributed by atoms with van der Waals surface area (Å²) in [4.78, 5) is 13.5. The molecule has 0 radical (unpaired) electrons. The van der Waals surface area contributed by atoms with E-state index in [9.17, 15) is 22.4 Å². The molecule has 0 atom stereocenters. The lowest BCUT2D eigenvalue weighted by Crippen LogP contribution is -2.16. The normalized spacial score (nSPS) is 10.7. The molecule has 0 fully saturated rings. The van der Waals surface area contributed by atoms with Crippen LogP contribution in [-0.2, 0) is 17.8 Å². The molecule has 0 spiro atoms. The van der Waals surface area contributed by atoms with Crippen molar-refractivity contribution >= 4 is 17.3 Å². The van der Waals surface area contributed by atoms with Crippen LogP contribution in [0.25, 0.3) is 0 Å². The van der Waals surface area contributed by atoms with Crippen LogP contribution in [0.3, 0.4) is 0 Å². The minimum Gasteiger partial charge on any atom is -0.396 e. The topological polar surface area (TPSA) is 98.7 Å². The van der Waals surface area contributed by atoms with Gasteiger partial charge in [0.1, 0.15) is 23.3 Å². The molecule has 0 saturated carbocycles. The van der Waals surface area contributed by atoms with E-state index < -0.39 is 29.2 Å². The van der Waals surface area contributed by atoms with Crippen molar-refractivity contribution in [1.29, 1.82) is 0 Å². The number of aryl methyl sites for hydroxylation is 1. The van der Waals surface area contributed by atoms with Gasteiger partial charge in [0.15, 0.2) is 5.82 Å². The minimum absolute atomic E-state index is 0.0311. The first kappa shape index (κ1) is 30.7. The number of rotatable bonds is 14. The second-order valence-electron chi connectivity index (χ2n) is 9.00. The molecule has 38 heavy (non-hydrogen) atoms. The highest BCUT2D eigenvalue weighted by atomic mass is 19.1. The quantitative estimate of drug-likeness (QED) is 0.137. The molecule has 0 aliphatic rings. The summed E-state index contributed by atoms with van der Waals surface area (Å²) < 4.78 is 50.7. The van der Waals surface area contributed by atoms with Crippen molar-refractivity contribution < 1.29 is 22.4 Å². The number of nitrogens with zero attached hydrogens (tertiary/aromatic N) is 4. The van der Waals surface area contributed by atoms with Gasteiger partial charge < -0.3 is 11.1 Å². The Morgan fingerprint density at radius 2 is 1.42 bits per heavy atom. The van der Waals surface area contributed by atoms with Crippen molar-refractivity contribution in [2.45, 2.75) is 84.1 Å². The molecule has 1 heterocycles. The number of nitrogen functional groups attached to an aromatic ring is 1. The minimum atomic E-state index is -0.823. The lowest BCUT2D eigenvalue weighted by atomic mass is 10.1. The molecule has 0 unspecified atom stereocenters. The Bertz CT molecular complexity index is 1120. The summed E-state index contributed by atoms with van der Waals surface area (Å²) in [7, 11) is 0. The van der Waals surface area contributed by atoms with E-state index in [1.807, 2.05) is 0 Å². The summed E-state index contributed by atoms with van der Waals surface area (Å²) in [6.07, 6.45) is 12.4. The van der Waals surface area contributed by atoms with E-state index in [1.54, 1.807) is 0 Å². The molecule has 208 valence electrons. The van der Waals surface area contributed by atoms with E-state index in [4.69, 9.17) is 5.73 Å². The van der Waals surface area contributed by atoms with Crippen LogP contribution < -0.4 is 11.1 Å². The number of nitrogens with two attached hydrogens (primary N) is 1. The molecular weight excluding hydrogens is 500 g/mol. The highest BCUT2D eigenvalue weighted by Crippen LogP contribution is 2.15. The zero-order chi connectivity index (χ0) is 27.8. The first-order valence-corrected chi connectivity index (χ1v) is 13.0. The van der Waals surface area contributed by atoms with Crippen molar-refractivity contribution in [2.24, 2.45) is 0 Å². The van der Waals surface area contributed by atoms with E-state index in [1.165, 1.54) is 68.3 Å². The number of anilines is 2. The predicted octanol–water partition coefficient (Wildman–Crippen LogP) is 6.60. The number of hydrogen-bond acceptors (Lipinski definition) is 5. The van der Waals surface area contributed by atoms with Gasteiger partial charge in [-0.25, -0.2) is 17.6 Å². The molecule has 0 aliphatic carbocycles. The Kier molecular flexibility index (Phi) is 13.8. The number of halogens is 4. The van der Waals surface area contributed by atoms with Gasteiger partial charge in [0.05, 0.1) is 24.3 Å². The van der Waals surface area contributed by atoms with Crippen LogP contribution in [0.2, 0.25) is 0 Å². The fourth-order valence-electron chi connectivity index (χ4n) is 3.61. The maximum Gasteiger partial charge on any atom is 0.232 e. The monoisotopic (exact) mass is 536 g/mol. The van der Waals surface area contributed by atoms with E-state index in [0.717, 1.165) is 37.1 Å². The average Bonchev–Trinajstić information content (AvgIpc) is 3.32. The number of benzene rings is 2. The van der Waals surface area contributed by atoms with Crippen LogP contribution in [0.1, 0.15) is 77.0 Å². The number of hydrogen-bond donors (Lipinski definition) is 2. The highest BCUT2D eigenvalue weighted by molar-refractivity contribution is 5.91. The third-order valence-corrected chi connectivity index (χ3v) is 5.69. The number of unbranched alkanes of at least 4 members (excludes halogenated alkanes) is 9. The summed E-state index contributed by atoms with van der Waals surface area (Å²) in [5, 5.41) is 14.4. The summed E-state index contributed by atoms with van der Waals surface area (Å²) in [6.45, 7) is 2.90. The third kappa shape index (κ3) is 12.2. The maximum absolute atomic E-state index is 13.6. The van der Waals surface area contributed by atoms with Gasteiger partial charge in [0.2, 0.25) is 5.91 Å². The third-order valence-electron chi connectivity index (χ3n) is 5.69. The molecule has 1 aromatic heterocycles. The SMILES string of the molecule is CCCCCCCCCCCCn1nnc(CC(=O)Nc2ccc(F)cc2F)n1.Nc1ccc(F)cc1F. The first-order valence-electron chi connectivity index (χ1n) is 13.0. The largest absolute Gasteiger partial charge is 0.396 e. The second-order valence-corrected chi connectivity index (χ2v) is 9.00. The molecule has 0 bridgehead atoms. The fourth-order valence-corrected chi connectivity index (χ4v) is 3.61. The summed E-state index contributed by atoms with van der Waals surface area (Å²) in [5.41, 5.74) is 4.94. The zero-order valence-corrected chi connectivity index (χ0v) is 21.7. The Morgan fingerprint density at radius 1 is 0.842 bits per heavy atom. The van der Waals surface area contributed by atoms with Crippen molar-refractivity contribution in [3.05, 3.63) is 65.5 Å². The van der Waals surface area contributed by atoms with Crippen LogP contribution in [0.5, 0.6) is 0 Å². The Balaban J connectivity index is 0.000000474. The van der Waals surface area contributed by atoms with Crippen LogP contribution in [0.4, 0.5) is 28.9 Å². The van der Waals surface area contributed by atoms with E-state index in [0.29, 0.717) is 6.54 Å². The zero-order valence-electron chi connectivity index (χ0n) is 21.7. The van der Waals surface area contributed by atoms with Crippen LogP contribution in [-0.4, -0.2) is 26.1 Å². The molecule has 0 aliphatic heterocycles. The van der Waals surface area contributed by atoms with Crippen molar-refractivity contribution in [3.8, 4) is 0 Å². The number of amides is 1. The Morgan fingerprint density at radius 3 is 2.00 bits per heavy atom. The smallest absolute Gasteiger partial charge is 0.232 e. The van der Waals surface area contributed by atoms with E-state index >= 15 is 0 Å². The predicted molar refractivity (Wildman–Crippen MR) is 139 cm³/mol. The molecule has 2 aromatic carbocycles. The highest BCUT2D eigenvalue weighted by Gasteiger charge is 2.12. The van der Waals surface area contributed by atoms with Gasteiger partial charge in [-0.05, 0) is 35.9 Å². The molecule has 11 heteroatoms. The van der Waals surface area contributed by atoms with Gasteiger partial charge >= 0.3 is 0 Å². The Hall–Kier alpha value is -3.50. The second kappa shape index (κ2) is 17.1. The molecule has 3 rings (SSSR count). The number of nitrogens with one attached hydrogen (secondary N) is 1. The lowest BCUT2D eigenvalue weighted by molar-refractivity contribution is -0.115. The van der Waals surface area contributed by atoms with Gasteiger partial charge in [0, 0.05) is 12.1 Å². The van der Waals surface area contributed by atoms with Crippen molar-refractivity contribution in [1.82, 2.24) is 20.2 Å². The summed E-state index contributed by atoms with van der Waals surface area (Å²) >= 11 is 0. The standard InChI is InChI=1S/C21H31F2N5O.C6H5F2N/c1-2-3-4-5-6-7-8-9-10-11-14-28-26-20(25-27-28)16-21(29)24-19-13-12-17(22)15-18(19)23;7-4-1-2-6(9)5(8)3-4/h12-13,15H,2-11,14,16H2,1H3,(H,24,29);1-3H,9H2. The molecule has 3 aromatic rings. The summed E-state index contributed by atoms with van der Waals surface area (Å²) in [6, 6.07) is 6.02. The van der Waals surface area contributed by atoms with E-state index in [2.05, 4.69) is 27.7 Å². The number of aromatic nitrogens is 4. The average molecular weight is 537 g/mol. The van der Waals surface area contributed by atoms with Gasteiger partial charge in [-0.3, -0.25) is 4.79 Å². The van der Waals surface area contributed by atoms with Gasteiger partial charge in [-0.1, -0.05) is 64.7 Å². The number of carbonyl (C=O) groups excluding carboxylic acids is 1. The molecule has 1 amide bonds. The molecule has 7 nitrogen and oxygen atoms in total. The number of tetrazole rings is 1. The summed E-state index contributed by atoms with van der Waals surface area (Å²) in [5.74, 6) is -3.05. The van der Waals surface area contributed by atoms with Gasteiger partial charge in [0.25, 0.3) is 0 Å². The van der Waals surface area contributed by atoms with Gasteiger partial charge in [-0.15, -0.1) is 10.2 Å². The molecule has 0 saturated heterocycles. The van der Waals surface area contributed by atoms with Gasteiger partial charge in [-0.2, -0.15) is 4.80 Å². The van der Waals surface area contributed by atoms with Crippen LogP contribution in [0, 0.1) is 23.3 Å². The molecule has 3 N–H and O–H groups in total. The van der Waals surface area contributed by atoms with Crippen molar-refractivity contribution in [2.75, 3.05) is 11.1 Å².